The molecule has 0 aliphatic carbocycles. The number of primary amides is 1. The van der Waals surface area contributed by atoms with Crippen LogP contribution in [0, 0.1) is 5.92 Å². The molecule has 6 nitrogen and oxygen atoms in total. The van der Waals surface area contributed by atoms with Gasteiger partial charge >= 0.3 is 6.03 Å². The number of aliphatic hydroxyl groups excluding tert-OH is 1. The number of hydrogen-bond donors (Lipinski definition) is 4. The van der Waals surface area contributed by atoms with Crippen molar-refractivity contribution < 1.29 is 14.7 Å². The normalized spacial score (nSPS) is 15.6. The van der Waals surface area contributed by atoms with Gasteiger partial charge in [-0.1, -0.05) is 33.6 Å². The molecule has 0 aromatic rings. The molecule has 0 saturated carbocycles. The highest BCUT2D eigenvalue weighted by molar-refractivity contribution is 5.86. The molecule has 0 bridgehead atoms. The van der Waals surface area contributed by atoms with Crippen molar-refractivity contribution in [2.45, 2.75) is 52.2 Å². The molecule has 0 rings (SSSR count). The van der Waals surface area contributed by atoms with Crippen LogP contribution in [0.25, 0.3) is 0 Å². The molecular weight excluding hydrogens is 234 g/mol. The maximum absolute atomic E-state index is 11.9. The standard InChI is InChI=1S/C12H25N3O3/c1-4-6-9(16)7-14-11(17)10(8(3)5-2)15-12(13)18/h8-10,16H,4-7H2,1-3H3,(H,14,17)(H3,13,15,18). The zero-order chi connectivity index (χ0) is 14.1. The van der Waals surface area contributed by atoms with Crippen molar-refractivity contribution in [3.63, 3.8) is 0 Å². The third-order valence-electron chi connectivity index (χ3n) is 2.93. The highest BCUT2D eigenvalue weighted by Gasteiger charge is 2.25. The largest absolute Gasteiger partial charge is 0.391 e. The van der Waals surface area contributed by atoms with Gasteiger partial charge in [0, 0.05) is 6.54 Å². The topological polar surface area (TPSA) is 104 Å². The number of hydrogen-bond acceptors (Lipinski definition) is 3. The van der Waals surface area contributed by atoms with Crippen molar-refractivity contribution in [2.24, 2.45) is 11.7 Å². The molecule has 0 heterocycles. The van der Waals surface area contributed by atoms with E-state index in [2.05, 4.69) is 10.6 Å². The first kappa shape index (κ1) is 16.7. The number of nitrogens with two attached hydrogens (primary N) is 1. The molecule has 0 saturated heterocycles. The van der Waals surface area contributed by atoms with Gasteiger partial charge in [0.25, 0.3) is 0 Å². The molecule has 5 N–H and O–H groups in total. The molecule has 0 radical (unpaired) electrons. The molecule has 3 unspecified atom stereocenters. The summed E-state index contributed by atoms with van der Waals surface area (Å²) in [5, 5.41) is 14.6. The molecule has 3 amide bonds. The van der Waals surface area contributed by atoms with Gasteiger partial charge in [0.05, 0.1) is 6.10 Å². The Morgan fingerprint density at radius 1 is 1.33 bits per heavy atom. The van der Waals surface area contributed by atoms with Gasteiger partial charge in [0.2, 0.25) is 5.91 Å². The van der Waals surface area contributed by atoms with E-state index < -0.39 is 18.2 Å². The fourth-order valence-corrected chi connectivity index (χ4v) is 1.62. The lowest BCUT2D eigenvalue weighted by Gasteiger charge is -2.23. The highest BCUT2D eigenvalue weighted by atomic mass is 16.3. The number of nitrogens with one attached hydrogen (secondary N) is 2. The average Bonchev–Trinajstić information content (AvgIpc) is 2.32. The van der Waals surface area contributed by atoms with Crippen LogP contribution in [0.15, 0.2) is 0 Å². The molecule has 0 aromatic carbocycles. The van der Waals surface area contributed by atoms with Crippen LogP contribution in [0.2, 0.25) is 0 Å². The van der Waals surface area contributed by atoms with E-state index in [1.54, 1.807) is 0 Å². The van der Waals surface area contributed by atoms with Crippen LogP contribution in [-0.2, 0) is 4.79 Å². The summed E-state index contributed by atoms with van der Waals surface area (Å²) in [5.41, 5.74) is 5.05. The van der Waals surface area contributed by atoms with Gasteiger partial charge in [0.1, 0.15) is 6.04 Å². The Balaban J connectivity index is 4.33. The third kappa shape index (κ3) is 6.44. The first-order valence-electron chi connectivity index (χ1n) is 6.44. The Kier molecular flexibility index (Phi) is 8.11. The van der Waals surface area contributed by atoms with Gasteiger partial charge in [0.15, 0.2) is 0 Å². The lowest BCUT2D eigenvalue weighted by atomic mass is 9.98. The van der Waals surface area contributed by atoms with Crippen LogP contribution >= 0.6 is 0 Å². The second-order valence-corrected chi connectivity index (χ2v) is 4.56. The predicted molar refractivity (Wildman–Crippen MR) is 69.9 cm³/mol. The Hall–Kier alpha value is -1.30. The Morgan fingerprint density at radius 2 is 1.94 bits per heavy atom. The second-order valence-electron chi connectivity index (χ2n) is 4.56. The average molecular weight is 259 g/mol. The summed E-state index contributed by atoms with van der Waals surface area (Å²) in [5.74, 6) is -0.320. The van der Waals surface area contributed by atoms with E-state index in [0.717, 1.165) is 12.8 Å². The Labute approximate surface area is 108 Å². The summed E-state index contributed by atoms with van der Waals surface area (Å²) in [4.78, 5) is 22.8. The van der Waals surface area contributed by atoms with Crippen LogP contribution in [-0.4, -0.2) is 35.7 Å². The van der Waals surface area contributed by atoms with Crippen LogP contribution in [0.5, 0.6) is 0 Å². The summed E-state index contributed by atoms with van der Waals surface area (Å²) < 4.78 is 0. The van der Waals surface area contributed by atoms with E-state index in [-0.39, 0.29) is 18.4 Å². The van der Waals surface area contributed by atoms with Crippen molar-refractivity contribution in [2.75, 3.05) is 6.54 Å². The lowest BCUT2D eigenvalue weighted by Crippen LogP contribution is -2.52. The van der Waals surface area contributed by atoms with E-state index in [9.17, 15) is 14.7 Å². The summed E-state index contributed by atoms with van der Waals surface area (Å²) in [7, 11) is 0. The Morgan fingerprint density at radius 3 is 2.39 bits per heavy atom. The molecular formula is C12H25N3O3. The minimum absolute atomic E-state index is 0.0131. The van der Waals surface area contributed by atoms with Gasteiger partial charge in [-0.3, -0.25) is 4.79 Å². The van der Waals surface area contributed by atoms with E-state index in [1.165, 1.54) is 0 Å². The van der Waals surface area contributed by atoms with Crippen LogP contribution in [0.4, 0.5) is 4.79 Å². The summed E-state index contributed by atoms with van der Waals surface area (Å²) in [6.07, 6.45) is 1.68. The van der Waals surface area contributed by atoms with Gasteiger partial charge in [-0.2, -0.15) is 0 Å². The molecule has 0 aliphatic rings. The fourth-order valence-electron chi connectivity index (χ4n) is 1.62. The van der Waals surface area contributed by atoms with Gasteiger partial charge in [-0.15, -0.1) is 0 Å². The lowest BCUT2D eigenvalue weighted by molar-refractivity contribution is -0.124. The van der Waals surface area contributed by atoms with Crippen molar-refractivity contribution in [1.82, 2.24) is 10.6 Å². The number of carbonyl (C=O) groups excluding carboxylic acids is 2. The van der Waals surface area contributed by atoms with Gasteiger partial charge in [-0.25, -0.2) is 4.79 Å². The van der Waals surface area contributed by atoms with Gasteiger partial charge in [-0.05, 0) is 12.3 Å². The summed E-state index contributed by atoms with van der Waals surface area (Å²) in [6, 6.07) is -1.37. The molecule has 6 heteroatoms. The molecule has 3 atom stereocenters. The summed E-state index contributed by atoms with van der Waals surface area (Å²) >= 11 is 0. The molecule has 0 fully saturated rings. The van der Waals surface area contributed by atoms with Gasteiger partial charge < -0.3 is 21.5 Å². The predicted octanol–water partition coefficient (Wildman–Crippen LogP) is 0.347. The maximum Gasteiger partial charge on any atom is 0.312 e. The second kappa shape index (κ2) is 8.74. The minimum Gasteiger partial charge on any atom is -0.391 e. The van der Waals surface area contributed by atoms with E-state index in [4.69, 9.17) is 5.73 Å². The summed E-state index contributed by atoms with van der Waals surface area (Å²) in [6.45, 7) is 5.95. The van der Waals surface area contributed by atoms with Crippen LogP contribution in [0.1, 0.15) is 40.0 Å². The highest BCUT2D eigenvalue weighted by Crippen LogP contribution is 2.07. The monoisotopic (exact) mass is 259 g/mol. The van der Waals surface area contributed by atoms with Crippen molar-refractivity contribution in [1.29, 1.82) is 0 Å². The van der Waals surface area contributed by atoms with E-state index in [0.29, 0.717) is 6.42 Å². The maximum atomic E-state index is 11.9. The van der Waals surface area contributed by atoms with Crippen LogP contribution in [0.3, 0.4) is 0 Å². The molecule has 18 heavy (non-hydrogen) atoms. The van der Waals surface area contributed by atoms with E-state index >= 15 is 0 Å². The SMILES string of the molecule is CCCC(O)CNC(=O)C(NC(N)=O)C(C)CC. The third-order valence-corrected chi connectivity index (χ3v) is 2.93. The number of amides is 3. The molecule has 106 valence electrons. The van der Waals surface area contributed by atoms with E-state index in [1.807, 2.05) is 20.8 Å². The zero-order valence-electron chi connectivity index (χ0n) is 11.4. The molecule has 0 aromatic heterocycles. The Bertz CT molecular complexity index is 271. The van der Waals surface area contributed by atoms with Crippen molar-refractivity contribution in [3.8, 4) is 0 Å². The number of rotatable bonds is 8. The minimum atomic E-state index is -0.718. The first-order chi connectivity index (χ1) is 8.42. The smallest absolute Gasteiger partial charge is 0.312 e. The zero-order valence-corrected chi connectivity index (χ0v) is 11.4. The van der Waals surface area contributed by atoms with Crippen LogP contribution < -0.4 is 16.4 Å². The van der Waals surface area contributed by atoms with Crippen molar-refractivity contribution >= 4 is 11.9 Å². The molecule has 0 aliphatic heterocycles. The quantitative estimate of drug-likeness (QED) is 0.505. The number of aliphatic hydroxyl groups is 1. The first-order valence-corrected chi connectivity index (χ1v) is 6.44. The number of carbonyl (C=O) groups is 2. The number of urea groups is 1. The molecule has 0 spiro atoms. The fraction of sp³-hybridized carbons (Fsp3) is 0.833. The van der Waals surface area contributed by atoms with Crippen molar-refractivity contribution in [3.05, 3.63) is 0 Å².